The molecular weight excluding hydrogens is 446 g/mol. The Morgan fingerprint density at radius 3 is 2.68 bits per heavy atom. The molecule has 0 saturated heterocycles. The number of nitro groups is 1. The molecule has 0 radical (unpaired) electrons. The average molecular weight is 460 g/mol. The van der Waals surface area contributed by atoms with Crippen LogP contribution in [0.25, 0.3) is 0 Å². The van der Waals surface area contributed by atoms with Gasteiger partial charge in [-0.05, 0) is 48.0 Å². The van der Waals surface area contributed by atoms with Crippen LogP contribution in [-0.2, 0) is 6.61 Å². The molecule has 7 nitrogen and oxygen atoms in total. The van der Waals surface area contributed by atoms with Gasteiger partial charge in [0, 0.05) is 16.1 Å². The van der Waals surface area contributed by atoms with E-state index in [0.29, 0.717) is 22.8 Å². The number of carbonyl (C=O) groups is 1. The SMILES string of the molecule is O=C(NN=Cc1ccc([N+](=O)[O-])s1)c1ccc(OCc2cccc(Br)c2)cc1. The number of thiophene rings is 1. The van der Waals surface area contributed by atoms with Gasteiger partial charge in [-0.3, -0.25) is 14.9 Å². The van der Waals surface area contributed by atoms with Crippen molar-refractivity contribution in [2.45, 2.75) is 6.61 Å². The number of ether oxygens (including phenoxy) is 1. The number of benzene rings is 2. The third-order valence-corrected chi connectivity index (χ3v) is 5.03. The predicted octanol–water partition coefficient (Wildman–Crippen LogP) is 4.76. The van der Waals surface area contributed by atoms with Crippen LogP contribution in [0.1, 0.15) is 20.8 Å². The zero-order valence-electron chi connectivity index (χ0n) is 14.4. The van der Waals surface area contributed by atoms with Crippen molar-refractivity contribution in [2.75, 3.05) is 0 Å². The molecule has 1 N–H and O–H groups in total. The summed E-state index contributed by atoms with van der Waals surface area (Å²) in [7, 11) is 0. The molecule has 1 amide bonds. The van der Waals surface area contributed by atoms with E-state index in [9.17, 15) is 14.9 Å². The fraction of sp³-hybridized carbons (Fsp3) is 0.0526. The van der Waals surface area contributed by atoms with Crippen LogP contribution >= 0.6 is 27.3 Å². The van der Waals surface area contributed by atoms with E-state index in [1.165, 1.54) is 12.3 Å². The van der Waals surface area contributed by atoms with Crippen LogP contribution in [0.15, 0.2) is 70.2 Å². The molecule has 0 saturated carbocycles. The van der Waals surface area contributed by atoms with Gasteiger partial charge in [0.2, 0.25) is 0 Å². The highest BCUT2D eigenvalue weighted by atomic mass is 79.9. The summed E-state index contributed by atoms with van der Waals surface area (Å²) in [6.45, 7) is 0.419. The lowest BCUT2D eigenvalue weighted by Crippen LogP contribution is -2.17. The second-order valence-electron chi connectivity index (χ2n) is 5.58. The van der Waals surface area contributed by atoms with Gasteiger partial charge in [0.25, 0.3) is 5.91 Å². The van der Waals surface area contributed by atoms with Crippen molar-refractivity contribution >= 4 is 44.4 Å². The number of nitrogens with one attached hydrogen (secondary N) is 1. The van der Waals surface area contributed by atoms with Gasteiger partial charge in [0.15, 0.2) is 0 Å². The smallest absolute Gasteiger partial charge is 0.324 e. The number of rotatable bonds is 7. The quantitative estimate of drug-likeness (QED) is 0.313. The molecule has 0 fully saturated rings. The molecule has 3 aromatic rings. The molecular formula is C19H14BrN3O4S. The molecule has 0 aliphatic rings. The maximum absolute atomic E-state index is 12.1. The van der Waals surface area contributed by atoms with Crippen molar-refractivity contribution in [2.24, 2.45) is 5.10 Å². The van der Waals surface area contributed by atoms with Crippen LogP contribution in [-0.4, -0.2) is 17.0 Å². The van der Waals surface area contributed by atoms with Crippen molar-refractivity contribution in [1.29, 1.82) is 0 Å². The van der Waals surface area contributed by atoms with Gasteiger partial charge < -0.3 is 4.74 Å². The first kappa shape index (κ1) is 19.7. The number of hydrogen-bond donors (Lipinski definition) is 1. The van der Waals surface area contributed by atoms with Gasteiger partial charge in [-0.1, -0.05) is 39.4 Å². The first-order valence-electron chi connectivity index (χ1n) is 8.06. The Hall–Kier alpha value is -3.04. The van der Waals surface area contributed by atoms with Crippen molar-refractivity contribution in [3.8, 4) is 5.75 Å². The molecule has 0 bridgehead atoms. The molecule has 0 unspecified atom stereocenters. The average Bonchev–Trinajstić information content (AvgIpc) is 3.16. The number of hydrogen-bond acceptors (Lipinski definition) is 6. The highest BCUT2D eigenvalue weighted by Gasteiger charge is 2.08. The molecule has 2 aromatic carbocycles. The van der Waals surface area contributed by atoms with Crippen molar-refractivity contribution in [1.82, 2.24) is 5.43 Å². The third kappa shape index (κ3) is 5.48. The summed E-state index contributed by atoms with van der Waals surface area (Å²) >= 11 is 4.39. The Labute approximate surface area is 172 Å². The largest absolute Gasteiger partial charge is 0.489 e. The Kier molecular flexibility index (Phi) is 6.51. The monoisotopic (exact) mass is 459 g/mol. The normalized spacial score (nSPS) is 10.8. The molecule has 0 aliphatic carbocycles. The van der Waals surface area contributed by atoms with Gasteiger partial charge in [-0.15, -0.1) is 0 Å². The predicted molar refractivity (Wildman–Crippen MR) is 111 cm³/mol. The van der Waals surface area contributed by atoms with Crippen molar-refractivity contribution in [3.05, 3.63) is 91.3 Å². The highest BCUT2D eigenvalue weighted by molar-refractivity contribution is 9.10. The van der Waals surface area contributed by atoms with E-state index < -0.39 is 4.92 Å². The minimum atomic E-state index is -0.471. The van der Waals surface area contributed by atoms with E-state index in [1.807, 2.05) is 24.3 Å². The van der Waals surface area contributed by atoms with E-state index in [-0.39, 0.29) is 10.9 Å². The standard InChI is InChI=1S/C19H14BrN3O4S/c20-15-3-1-2-13(10-15)12-27-16-6-4-14(5-7-16)19(24)22-21-11-17-8-9-18(28-17)23(25)26/h1-11H,12H2,(H,22,24). The minimum absolute atomic E-state index is 0.0197. The summed E-state index contributed by atoms with van der Waals surface area (Å²) in [4.78, 5) is 22.8. The summed E-state index contributed by atoms with van der Waals surface area (Å²) in [6, 6.07) is 17.5. The lowest BCUT2D eigenvalue weighted by molar-refractivity contribution is -0.380. The van der Waals surface area contributed by atoms with Gasteiger partial charge in [-0.2, -0.15) is 5.10 Å². The van der Waals surface area contributed by atoms with Crippen LogP contribution in [0.5, 0.6) is 5.75 Å². The topological polar surface area (TPSA) is 93.8 Å². The summed E-state index contributed by atoms with van der Waals surface area (Å²) in [5.74, 6) is 0.256. The number of hydrazone groups is 1. The van der Waals surface area contributed by atoms with E-state index in [1.54, 1.807) is 30.3 Å². The molecule has 9 heteroatoms. The lowest BCUT2D eigenvalue weighted by atomic mass is 10.2. The Morgan fingerprint density at radius 1 is 1.21 bits per heavy atom. The Balaban J connectivity index is 1.52. The van der Waals surface area contributed by atoms with Crippen LogP contribution in [0.4, 0.5) is 5.00 Å². The Morgan fingerprint density at radius 2 is 2.00 bits per heavy atom. The summed E-state index contributed by atoms with van der Waals surface area (Å²) in [6.07, 6.45) is 1.37. The van der Waals surface area contributed by atoms with Gasteiger partial charge >= 0.3 is 5.00 Å². The zero-order chi connectivity index (χ0) is 19.9. The van der Waals surface area contributed by atoms with E-state index in [4.69, 9.17) is 4.74 Å². The summed E-state index contributed by atoms with van der Waals surface area (Å²) < 4.78 is 6.69. The molecule has 0 spiro atoms. The zero-order valence-corrected chi connectivity index (χ0v) is 16.8. The lowest BCUT2D eigenvalue weighted by Gasteiger charge is -2.07. The Bertz CT molecular complexity index is 1020. The van der Waals surface area contributed by atoms with Crippen LogP contribution < -0.4 is 10.2 Å². The maximum atomic E-state index is 12.1. The van der Waals surface area contributed by atoms with E-state index in [0.717, 1.165) is 21.4 Å². The first-order valence-corrected chi connectivity index (χ1v) is 9.67. The summed E-state index contributed by atoms with van der Waals surface area (Å²) in [5, 5.41) is 14.5. The van der Waals surface area contributed by atoms with Crippen LogP contribution in [0, 0.1) is 10.1 Å². The second-order valence-corrected chi connectivity index (χ2v) is 7.58. The molecule has 1 heterocycles. The van der Waals surface area contributed by atoms with Gasteiger partial charge in [0.1, 0.15) is 12.4 Å². The molecule has 3 rings (SSSR count). The highest BCUT2D eigenvalue weighted by Crippen LogP contribution is 2.22. The third-order valence-electron chi connectivity index (χ3n) is 3.56. The molecule has 142 valence electrons. The van der Waals surface area contributed by atoms with Gasteiger partial charge in [0.05, 0.1) is 16.0 Å². The van der Waals surface area contributed by atoms with E-state index >= 15 is 0 Å². The molecule has 0 atom stereocenters. The van der Waals surface area contributed by atoms with Crippen LogP contribution in [0.3, 0.4) is 0 Å². The summed E-state index contributed by atoms with van der Waals surface area (Å²) in [5.41, 5.74) is 3.84. The molecule has 28 heavy (non-hydrogen) atoms. The van der Waals surface area contributed by atoms with Crippen LogP contribution in [0.2, 0.25) is 0 Å². The maximum Gasteiger partial charge on any atom is 0.324 e. The fourth-order valence-corrected chi connectivity index (χ4v) is 3.36. The number of nitrogens with zero attached hydrogens (tertiary/aromatic N) is 2. The van der Waals surface area contributed by atoms with E-state index in [2.05, 4.69) is 26.5 Å². The molecule has 1 aromatic heterocycles. The number of amides is 1. The fourth-order valence-electron chi connectivity index (χ4n) is 2.22. The van der Waals surface area contributed by atoms with Crippen molar-refractivity contribution < 1.29 is 14.5 Å². The van der Waals surface area contributed by atoms with Gasteiger partial charge in [-0.25, -0.2) is 5.43 Å². The molecule has 0 aliphatic heterocycles. The number of carbonyl (C=O) groups excluding carboxylic acids is 1. The van der Waals surface area contributed by atoms with Crippen molar-refractivity contribution in [3.63, 3.8) is 0 Å². The minimum Gasteiger partial charge on any atom is -0.489 e. The first-order chi connectivity index (χ1) is 13.5. The number of halogens is 1. The second kappa shape index (κ2) is 9.25.